The molecule has 1 aromatic heterocycles. The van der Waals surface area contributed by atoms with Crippen LogP contribution in [0.3, 0.4) is 0 Å². The van der Waals surface area contributed by atoms with Crippen molar-refractivity contribution in [3.05, 3.63) is 58.5 Å². The van der Waals surface area contributed by atoms with Gasteiger partial charge in [0.25, 0.3) is 5.91 Å². The lowest BCUT2D eigenvalue weighted by Gasteiger charge is -2.41. The van der Waals surface area contributed by atoms with E-state index >= 15 is 0 Å². The van der Waals surface area contributed by atoms with Crippen LogP contribution in [0.4, 0.5) is 15.3 Å². The van der Waals surface area contributed by atoms with Crippen LogP contribution in [0.15, 0.2) is 47.9 Å². The van der Waals surface area contributed by atoms with Crippen molar-refractivity contribution in [2.75, 3.05) is 32.1 Å². The Morgan fingerprint density at radius 2 is 1.77 bits per heavy atom. The Kier molecular flexibility index (Phi) is 11.2. The zero-order valence-corrected chi connectivity index (χ0v) is 29.3. The van der Waals surface area contributed by atoms with Crippen LogP contribution in [0.1, 0.15) is 59.9 Å². The number of carbonyl (C=O) groups is 3. The van der Waals surface area contributed by atoms with Gasteiger partial charge >= 0.3 is 12.2 Å². The van der Waals surface area contributed by atoms with E-state index < -0.39 is 23.2 Å². The van der Waals surface area contributed by atoms with Gasteiger partial charge in [0, 0.05) is 43.5 Å². The van der Waals surface area contributed by atoms with Gasteiger partial charge in [-0.3, -0.25) is 9.78 Å². The summed E-state index contributed by atoms with van der Waals surface area (Å²) < 4.78 is 22.6. The molecule has 12 nitrogen and oxygen atoms in total. The van der Waals surface area contributed by atoms with Crippen LogP contribution in [-0.2, 0) is 20.8 Å². The Morgan fingerprint density at radius 1 is 1.06 bits per heavy atom. The van der Waals surface area contributed by atoms with Crippen molar-refractivity contribution in [3.8, 4) is 11.5 Å². The predicted octanol–water partition coefficient (Wildman–Crippen LogP) is 6.08. The summed E-state index contributed by atoms with van der Waals surface area (Å²) in [6.07, 6.45) is 3.21. The molecular weight excluding hydrogens is 646 g/mol. The number of rotatable bonds is 9. The minimum absolute atomic E-state index is 0.0738. The molecule has 0 spiro atoms. The molecule has 47 heavy (non-hydrogen) atoms. The van der Waals surface area contributed by atoms with Crippen molar-refractivity contribution in [1.82, 2.24) is 20.1 Å². The lowest BCUT2D eigenvalue weighted by molar-refractivity contribution is -0.126. The first-order valence-electron chi connectivity index (χ1n) is 15.3. The maximum Gasteiger partial charge on any atom is 0.417 e. The highest BCUT2D eigenvalue weighted by molar-refractivity contribution is 7.81. The van der Waals surface area contributed by atoms with Gasteiger partial charge in [-0.15, -0.1) is 0 Å². The molecule has 2 aliphatic heterocycles. The first-order chi connectivity index (χ1) is 22.1. The van der Waals surface area contributed by atoms with Crippen molar-refractivity contribution in [1.29, 1.82) is 0 Å². The fourth-order valence-corrected chi connectivity index (χ4v) is 5.44. The number of methoxy groups -OCH3 is 1. The van der Waals surface area contributed by atoms with E-state index in [4.69, 9.17) is 42.8 Å². The number of imide groups is 1. The first kappa shape index (κ1) is 35.7. The summed E-state index contributed by atoms with van der Waals surface area (Å²) in [5, 5.41) is 6.77. The van der Waals surface area contributed by atoms with Crippen LogP contribution in [-0.4, -0.2) is 81.9 Å². The van der Waals surface area contributed by atoms with Crippen molar-refractivity contribution < 1.29 is 33.3 Å². The minimum atomic E-state index is -0.798. The van der Waals surface area contributed by atoms with Gasteiger partial charge in [0.1, 0.15) is 28.5 Å². The van der Waals surface area contributed by atoms with E-state index in [0.29, 0.717) is 40.9 Å². The number of carbonyl (C=O) groups excluding carboxylic acids is 3. The molecule has 1 saturated heterocycles. The van der Waals surface area contributed by atoms with Crippen molar-refractivity contribution in [2.45, 2.75) is 78.2 Å². The molecule has 2 aliphatic rings. The molecule has 0 bridgehead atoms. The number of nitrogens with one attached hydrogen (secondary N) is 2. The Morgan fingerprint density at radius 3 is 2.40 bits per heavy atom. The third kappa shape index (κ3) is 9.25. The highest BCUT2D eigenvalue weighted by atomic mass is 35.5. The van der Waals surface area contributed by atoms with E-state index in [-0.39, 0.29) is 42.4 Å². The second-order valence-corrected chi connectivity index (χ2v) is 13.9. The van der Waals surface area contributed by atoms with Gasteiger partial charge in [0.15, 0.2) is 5.75 Å². The number of halogens is 1. The Labute approximate surface area is 285 Å². The lowest BCUT2D eigenvalue weighted by Crippen LogP contribution is -2.55. The van der Waals surface area contributed by atoms with E-state index in [1.54, 1.807) is 62.3 Å². The Bertz CT molecular complexity index is 1550. The summed E-state index contributed by atoms with van der Waals surface area (Å²) in [7, 11) is 1.48. The molecule has 254 valence electrons. The zero-order chi connectivity index (χ0) is 34.5. The molecular formula is C33H42ClN5O7S. The van der Waals surface area contributed by atoms with Crippen LogP contribution >= 0.6 is 23.8 Å². The third-order valence-electron chi connectivity index (χ3n) is 7.17. The quantitative estimate of drug-likeness (QED) is 0.297. The van der Waals surface area contributed by atoms with Crippen molar-refractivity contribution in [2.24, 2.45) is 0 Å². The monoisotopic (exact) mass is 687 g/mol. The number of hydrogen-bond donors (Lipinski definition) is 2. The molecule has 1 fully saturated rings. The van der Waals surface area contributed by atoms with Gasteiger partial charge in [-0.1, -0.05) is 29.9 Å². The summed E-state index contributed by atoms with van der Waals surface area (Å²) >= 11 is 12.0. The number of hydrogen-bond acceptors (Lipinski definition) is 10. The largest absolute Gasteiger partial charge is 0.493 e. The second kappa shape index (κ2) is 14.8. The van der Waals surface area contributed by atoms with Crippen LogP contribution in [0, 0.1) is 0 Å². The maximum atomic E-state index is 13.8. The molecule has 1 atom stereocenters. The van der Waals surface area contributed by atoms with Crippen LogP contribution in [0.25, 0.3) is 0 Å². The molecule has 1 aromatic carbocycles. The first-order valence-corrected chi connectivity index (χ1v) is 16.1. The topological polar surface area (TPSA) is 132 Å². The molecule has 2 aromatic rings. The summed E-state index contributed by atoms with van der Waals surface area (Å²) in [4.78, 5) is 46.4. The molecule has 0 aliphatic carbocycles. The highest BCUT2D eigenvalue weighted by Crippen LogP contribution is 2.34. The molecule has 0 radical (unpaired) electrons. The lowest BCUT2D eigenvalue weighted by atomic mass is 10.0. The number of aromatic nitrogens is 1. The fourth-order valence-electron chi connectivity index (χ4n) is 4.86. The van der Waals surface area contributed by atoms with Gasteiger partial charge in [-0.25, -0.2) is 14.5 Å². The molecule has 3 heterocycles. The molecule has 2 N–H and O–H groups in total. The predicted molar refractivity (Wildman–Crippen MR) is 182 cm³/mol. The normalized spacial score (nSPS) is 16.7. The summed E-state index contributed by atoms with van der Waals surface area (Å²) in [5.74, 6) is 0.277. The van der Waals surface area contributed by atoms with E-state index in [1.165, 1.54) is 7.11 Å². The number of thiocarbonyl (C=S) groups is 1. The Balaban J connectivity index is 1.54. The summed E-state index contributed by atoms with van der Waals surface area (Å²) in [6, 6.07) is 6.80. The number of likely N-dealkylation sites (tertiary alicyclic amines) is 1. The number of ether oxygens (including phenoxy) is 4. The second-order valence-electron chi connectivity index (χ2n) is 13.1. The van der Waals surface area contributed by atoms with E-state index in [0.717, 1.165) is 16.9 Å². The van der Waals surface area contributed by atoms with E-state index in [2.05, 4.69) is 15.6 Å². The highest BCUT2D eigenvalue weighted by Gasteiger charge is 2.37. The van der Waals surface area contributed by atoms with Crippen LogP contribution in [0.2, 0.25) is 5.02 Å². The van der Waals surface area contributed by atoms with Crippen molar-refractivity contribution in [3.63, 3.8) is 0 Å². The van der Waals surface area contributed by atoms with Crippen LogP contribution < -0.4 is 20.1 Å². The van der Waals surface area contributed by atoms with Gasteiger partial charge in [-0.2, -0.15) is 0 Å². The fraction of sp³-hybridized carbons (Fsp3) is 0.485. The average molecular weight is 688 g/mol. The maximum absolute atomic E-state index is 13.8. The molecule has 4 rings (SSSR count). The van der Waals surface area contributed by atoms with Gasteiger partial charge < -0.3 is 34.5 Å². The number of nitrogens with zero attached hydrogens (tertiary/aromatic N) is 3. The Hall–Kier alpha value is -4.10. The third-order valence-corrected chi connectivity index (χ3v) is 7.78. The molecule has 3 amide bonds. The molecule has 0 unspecified atom stereocenters. The average Bonchev–Trinajstić information content (AvgIpc) is 2.94. The smallest absolute Gasteiger partial charge is 0.417 e. The number of pyridine rings is 1. The molecule has 0 saturated carbocycles. The minimum Gasteiger partial charge on any atom is -0.493 e. The summed E-state index contributed by atoms with van der Waals surface area (Å²) in [6.45, 7) is 11.9. The number of benzene rings is 1. The number of anilines is 1. The van der Waals surface area contributed by atoms with E-state index in [9.17, 15) is 14.4 Å². The number of para-hydroxylation sites is 1. The van der Waals surface area contributed by atoms with Gasteiger partial charge in [0.05, 0.1) is 35.6 Å². The summed E-state index contributed by atoms with van der Waals surface area (Å²) in [5.41, 5.74) is 0.487. The van der Waals surface area contributed by atoms with Gasteiger partial charge in [-0.05, 0) is 66.2 Å². The molecule has 14 heteroatoms. The van der Waals surface area contributed by atoms with Gasteiger partial charge in [0.2, 0.25) is 0 Å². The number of amides is 3. The van der Waals surface area contributed by atoms with Crippen LogP contribution in [0.5, 0.6) is 11.5 Å². The van der Waals surface area contributed by atoms with E-state index in [1.807, 2.05) is 20.8 Å². The van der Waals surface area contributed by atoms with Crippen molar-refractivity contribution >= 4 is 52.6 Å². The zero-order valence-electron chi connectivity index (χ0n) is 27.8. The standard InChI is InChI=1S/C33H42ClN5O7S/c1-32(2,3)45-30(41)38-15-12-21(38)19-44-25-18-35-14-11-20(25)17-36-23-13-16-39(31(42)46-33(4,5)6)29(40)26(23)28(47)37-24-10-8-9-22(34)27(24)43-7/h8-11,14,18,21,36H,12-13,15-17,19H2,1-7H3,(H,37,47)/t21-/m1/s1. The SMILES string of the molecule is COc1c(Cl)cccc1NC(=S)C1=C(NCc2ccncc2OC[C@H]2CCN2C(=O)OC(C)(C)C)CCN(C(=O)OC(C)(C)C)C1=O.